The summed E-state index contributed by atoms with van der Waals surface area (Å²) in [4.78, 5) is 10.6. The molecule has 1 atom stereocenters. The lowest BCUT2D eigenvalue weighted by molar-refractivity contribution is -0.137. The van der Waals surface area contributed by atoms with Crippen LogP contribution < -0.4 is 0 Å². The molecule has 1 saturated heterocycles. The van der Waals surface area contributed by atoms with Gasteiger partial charge in [-0.2, -0.15) is 0 Å². The fourth-order valence-electron chi connectivity index (χ4n) is 1.38. The molecule has 0 amide bonds. The number of hydrogen-bond acceptors (Lipinski definition) is 2. The Morgan fingerprint density at radius 2 is 2.00 bits per heavy atom. The van der Waals surface area contributed by atoms with Crippen LogP contribution in [0.15, 0.2) is 0 Å². The van der Waals surface area contributed by atoms with Gasteiger partial charge in [0.15, 0.2) is 0 Å². The quantitative estimate of drug-likeness (QED) is 0.450. The average molecular weight is 185 g/mol. The Balaban J connectivity index is 0.000000364. The minimum Gasteiger partial charge on any atom is -0.465 e. The van der Waals surface area contributed by atoms with Crippen LogP contribution >= 0.6 is 0 Å². The Bertz CT molecular complexity index is 170. The SMILES string of the molecule is CC(C)CC1COC(=O)C1.[B]B([B])[B]. The minimum absolute atomic E-state index is 0.0225. The molecule has 1 heterocycles. The Hall–Kier alpha value is -0.270. The summed E-state index contributed by atoms with van der Waals surface area (Å²) >= 11 is 0. The molecule has 0 aromatic rings. The van der Waals surface area contributed by atoms with E-state index in [1.54, 1.807) is 0 Å². The molecule has 1 aliphatic rings. The molecule has 1 rings (SSSR count). The van der Waals surface area contributed by atoms with E-state index in [4.69, 9.17) is 4.74 Å². The van der Waals surface area contributed by atoms with E-state index in [2.05, 4.69) is 37.1 Å². The van der Waals surface area contributed by atoms with Gasteiger partial charge in [-0.05, 0) is 12.3 Å². The molecule has 1 unspecified atom stereocenters. The molecule has 0 saturated carbocycles. The molecular weight excluding hydrogens is 171 g/mol. The first-order valence-electron chi connectivity index (χ1n) is 4.84. The molecule has 0 bridgehead atoms. The number of carbonyl (C=O) groups is 1. The second-order valence-corrected chi connectivity index (χ2v) is 3.96. The monoisotopic (exact) mass is 186 g/mol. The van der Waals surface area contributed by atoms with Crippen LogP contribution in [0.25, 0.3) is 0 Å². The lowest BCUT2D eigenvalue weighted by atomic mass is 9.08. The van der Waals surface area contributed by atoms with Crippen LogP contribution in [0.5, 0.6) is 0 Å². The summed E-state index contributed by atoms with van der Waals surface area (Å²) in [6, 6.07) is 0. The van der Waals surface area contributed by atoms with Crippen LogP contribution in [0.2, 0.25) is 0 Å². The fourth-order valence-corrected chi connectivity index (χ4v) is 1.38. The van der Waals surface area contributed by atoms with Gasteiger partial charge in [0.2, 0.25) is 0 Å². The summed E-state index contributed by atoms with van der Waals surface area (Å²) in [6.45, 7) is 4.99. The fraction of sp³-hybridized carbons (Fsp3) is 0.875. The van der Waals surface area contributed by atoms with E-state index >= 15 is 0 Å². The first-order chi connectivity index (χ1) is 6.41. The molecule has 0 spiro atoms. The molecule has 0 aliphatic carbocycles. The topological polar surface area (TPSA) is 26.3 Å². The van der Waals surface area contributed by atoms with Crippen molar-refractivity contribution in [3.8, 4) is 0 Å². The lowest BCUT2D eigenvalue weighted by Crippen LogP contribution is -2.11. The van der Waals surface area contributed by atoms with E-state index in [1.165, 1.54) is 0 Å². The maximum atomic E-state index is 10.6. The van der Waals surface area contributed by atoms with E-state index in [-0.39, 0.29) is 5.97 Å². The predicted molar refractivity (Wildman–Crippen MR) is 61.5 cm³/mol. The third-order valence-corrected chi connectivity index (χ3v) is 1.74. The summed E-state index contributed by atoms with van der Waals surface area (Å²) in [5.41, 5.74) is 0. The van der Waals surface area contributed by atoms with Crippen molar-refractivity contribution in [3.05, 3.63) is 0 Å². The zero-order chi connectivity index (χ0) is 11.1. The number of ether oxygens (including phenoxy) is 1. The van der Waals surface area contributed by atoms with Crippen LogP contribution in [-0.2, 0) is 9.53 Å². The van der Waals surface area contributed by atoms with E-state index in [1.807, 2.05) is 0 Å². The smallest absolute Gasteiger partial charge is 0.306 e. The highest BCUT2D eigenvalue weighted by Crippen LogP contribution is 2.21. The number of rotatable bonds is 2. The molecule has 6 heteroatoms. The van der Waals surface area contributed by atoms with E-state index in [0.29, 0.717) is 24.9 Å². The van der Waals surface area contributed by atoms with Crippen LogP contribution in [-0.4, -0.2) is 42.2 Å². The zero-order valence-electron chi connectivity index (χ0n) is 8.90. The summed E-state index contributed by atoms with van der Waals surface area (Å²) in [5.74, 6) is 1.15. The van der Waals surface area contributed by atoms with Crippen molar-refractivity contribution >= 4 is 35.6 Å². The van der Waals surface area contributed by atoms with Crippen LogP contribution in [0.1, 0.15) is 26.7 Å². The number of carbonyl (C=O) groups excluding carboxylic acids is 1. The van der Waals surface area contributed by atoms with Gasteiger partial charge in [-0.3, -0.25) is 4.79 Å². The van der Waals surface area contributed by atoms with E-state index < -0.39 is 6.39 Å². The van der Waals surface area contributed by atoms with Gasteiger partial charge in [-0.15, -0.1) is 0 Å². The van der Waals surface area contributed by atoms with Crippen molar-refractivity contribution in [2.24, 2.45) is 11.8 Å². The highest BCUT2D eigenvalue weighted by Gasteiger charge is 2.23. The van der Waals surface area contributed by atoms with Crippen LogP contribution in [0.4, 0.5) is 0 Å². The van der Waals surface area contributed by atoms with Crippen molar-refractivity contribution in [1.29, 1.82) is 0 Å². The molecule has 2 nitrogen and oxygen atoms in total. The Kier molecular flexibility index (Phi) is 6.94. The zero-order valence-corrected chi connectivity index (χ0v) is 8.90. The highest BCUT2D eigenvalue weighted by atomic mass is 16.5. The van der Waals surface area contributed by atoms with Gasteiger partial charge in [-0.1, -0.05) is 13.8 Å². The van der Waals surface area contributed by atoms with Crippen LogP contribution in [0, 0.1) is 11.8 Å². The summed E-state index contributed by atoms with van der Waals surface area (Å²) in [7, 11) is 14.0. The molecular formula is C8H14B4O2. The standard InChI is InChI=1S/C8H14O2.B4/c1-6(2)3-7-4-8(9)10-5-7;1-4(2)3/h6-7H,3-5H2,1-2H3;. The molecule has 14 heavy (non-hydrogen) atoms. The van der Waals surface area contributed by atoms with Gasteiger partial charge in [0, 0.05) is 35.5 Å². The van der Waals surface area contributed by atoms with Gasteiger partial charge >= 0.3 is 5.97 Å². The third-order valence-electron chi connectivity index (χ3n) is 1.74. The molecule has 0 aromatic carbocycles. The van der Waals surface area contributed by atoms with Gasteiger partial charge in [0.1, 0.15) is 0 Å². The maximum absolute atomic E-state index is 10.6. The largest absolute Gasteiger partial charge is 0.465 e. The number of cyclic esters (lactones) is 1. The van der Waals surface area contributed by atoms with Crippen molar-refractivity contribution in [1.82, 2.24) is 0 Å². The van der Waals surface area contributed by atoms with Gasteiger partial charge in [-0.25, -0.2) is 0 Å². The second-order valence-electron chi connectivity index (χ2n) is 3.96. The molecule has 0 aromatic heterocycles. The Labute approximate surface area is 90.8 Å². The molecule has 6 radical (unpaired) electrons. The third kappa shape index (κ3) is 8.33. The lowest BCUT2D eigenvalue weighted by Gasteiger charge is -2.07. The van der Waals surface area contributed by atoms with E-state index in [9.17, 15) is 4.79 Å². The van der Waals surface area contributed by atoms with Gasteiger partial charge < -0.3 is 4.74 Å². The highest BCUT2D eigenvalue weighted by molar-refractivity contribution is 7.49. The molecule has 1 aliphatic heterocycles. The first-order valence-corrected chi connectivity index (χ1v) is 4.84. The van der Waals surface area contributed by atoms with Crippen LogP contribution in [0.3, 0.4) is 0 Å². The maximum Gasteiger partial charge on any atom is 0.306 e. The van der Waals surface area contributed by atoms with E-state index in [0.717, 1.165) is 6.42 Å². The average Bonchev–Trinajstić information content (AvgIpc) is 2.32. The normalized spacial score (nSPS) is 19.9. The molecule has 0 N–H and O–H groups in total. The number of hydrogen-bond donors (Lipinski definition) is 0. The summed E-state index contributed by atoms with van der Waals surface area (Å²) < 4.78 is 4.83. The van der Waals surface area contributed by atoms with Crippen molar-refractivity contribution < 1.29 is 9.53 Å². The van der Waals surface area contributed by atoms with Crippen molar-refractivity contribution in [2.75, 3.05) is 6.61 Å². The first kappa shape index (κ1) is 13.7. The Morgan fingerprint density at radius 1 is 1.50 bits per heavy atom. The van der Waals surface area contributed by atoms with Crippen molar-refractivity contribution in [3.63, 3.8) is 0 Å². The number of esters is 1. The molecule has 70 valence electrons. The minimum atomic E-state index is -0.667. The second kappa shape index (κ2) is 7.08. The summed E-state index contributed by atoms with van der Waals surface area (Å²) in [5, 5.41) is 0. The Morgan fingerprint density at radius 3 is 2.29 bits per heavy atom. The van der Waals surface area contributed by atoms with Crippen molar-refractivity contribution in [2.45, 2.75) is 26.7 Å². The van der Waals surface area contributed by atoms with Gasteiger partial charge in [0.05, 0.1) is 13.0 Å². The van der Waals surface area contributed by atoms with Gasteiger partial charge in [0.25, 0.3) is 0 Å². The molecule has 1 fully saturated rings. The predicted octanol–water partition coefficient (Wildman–Crippen LogP) is 0.0724. The summed E-state index contributed by atoms with van der Waals surface area (Å²) in [6.07, 6.45) is 1.09.